The Hall–Kier alpha value is -2.71. The Bertz CT molecular complexity index is 955. The lowest BCUT2D eigenvalue weighted by molar-refractivity contribution is 0.191. The van der Waals surface area contributed by atoms with Gasteiger partial charge in [-0.05, 0) is 32.1 Å². The monoisotopic (exact) mass is 381 g/mol. The number of hydrogen-bond donors (Lipinski definition) is 2. The van der Waals surface area contributed by atoms with Crippen LogP contribution in [0.4, 0.5) is 11.6 Å². The zero-order chi connectivity index (χ0) is 19.7. The van der Waals surface area contributed by atoms with E-state index in [1.54, 1.807) is 6.33 Å². The summed E-state index contributed by atoms with van der Waals surface area (Å²) < 4.78 is 1.83. The molecule has 2 N–H and O–H groups in total. The first-order chi connectivity index (χ1) is 13.5. The maximum Gasteiger partial charge on any atom is 0.134 e. The second-order valence-electron chi connectivity index (χ2n) is 7.77. The smallest absolute Gasteiger partial charge is 0.134 e. The molecule has 2 aromatic heterocycles. The van der Waals surface area contributed by atoms with E-state index in [0.29, 0.717) is 13.1 Å². The van der Waals surface area contributed by atoms with Crippen LogP contribution in [0.5, 0.6) is 0 Å². The molecule has 1 fully saturated rings. The number of aryl methyl sites for hydroxylation is 1. The summed E-state index contributed by atoms with van der Waals surface area (Å²) in [6.45, 7) is 2.14. The number of fused-ring (bicyclic) bond motifs is 1. The number of nitrogens with one attached hydrogen (secondary N) is 1. The van der Waals surface area contributed by atoms with Crippen LogP contribution in [0.25, 0.3) is 10.9 Å². The van der Waals surface area contributed by atoms with Gasteiger partial charge in [-0.2, -0.15) is 5.10 Å². The van der Waals surface area contributed by atoms with Crippen LogP contribution < -0.4 is 10.2 Å². The lowest BCUT2D eigenvalue weighted by Crippen LogP contribution is -2.38. The molecule has 0 radical (unpaired) electrons. The topological polar surface area (TPSA) is 82.3 Å². The predicted molar refractivity (Wildman–Crippen MR) is 110 cm³/mol. The Kier molecular flexibility index (Phi) is 5.15. The number of nitrogens with zero attached hydrogens (tertiary/aromatic N) is 6. The molecule has 148 valence electrons. The lowest BCUT2D eigenvalue weighted by Gasteiger charge is -2.27. The molecule has 8 heteroatoms. The molecule has 0 amide bonds. The highest BCUT2D eigenvalue weighted by Crippen LogP contribution is 2.26. The summed E-state index contributed by atoms with van der Waals surface area (Å²) in [6, 6.07) is 8.49. The number of benzene rings is 1. The first kappa shape index (κ1) is 18.6. The van der Waals surface area contributed by atoms with E-state index >= 15 is 0 Å². The minimum Gasteiger partial charge on any atom is -0.391 e. The Labute approximate surface area is 164 Å². The number of aliphatic hydroxyl groups excluding tert-OH is 1. The highest BCUT2D eigenvalue weighted by molar-refractivity contribution is 5.78. The average Bonchev–Trinajstić information content (AvgIpc) is 3.20. The summed E-state index contributed by atoms with van der Waals surface area (Å²) in [4.78, 5) is 13.1. The van der Waals surface area contributed by atoms with Gasteiger partial charge in [-0.3, -0.25) is 4.68 Å². The van der Waals surface area contributed by atoms with Crippen molar-refractivity contribution in [2.24, 2.45) is 7.05 Å². The fourth-order valence-corrected chi connectivity index (χ4v) is 3.86. The number of aliphatic hydroxyl groups is 1. The summed E-state index contributed by atoms with van der Waals surface area (Å²) in [5, 5.41) is 19.1. The van der Waals surface area contributed by atoms with Crippen LogP contribution in [0, 0.1) is 0 Å². The van der Waals surface area contributed by atoms with Crippen molar-refractivity contribution < 1.29 is 5.11 Å². The van der Waals surface area contributed by atoms with Gasteiger partial charge in [-0.1, -0.05) is 12.1 Å². The zero-order valence-electron chi connectivity index (χ0n) is 16.6. The van der Waals surface area contributed by atoms with E-state index in [0.717, 1.165) is 41.1 Å². The van der Waals surface area contributed by atoms with Crippen LogP contribution in [0.15, 0.2) is 36.8 Å². The molecular weight excluding hydrogens is 354 g/mol. The lowest BCUT2D eigenvalue weighted by atomic mass is 10.1. The largest absolute Gasteiger partial charge is 0.391 e. The van der Waals surface area contributed by atoms with E-state index in [1.807, 2.05) is 38.1 Å². The quantitative estimate of drug-likeness (QED) is 0.669. The van der Waals surface area contributed by atoms with Gasteiger partial charge >= 0.3 is 0 Å². The van der Waals surface area contributed by atoms with E-state index in [2.05, 4.69) is 48.4 Å². The first-order valence-corrected chi connectivity index (χ1v) is 9.55. The molecule has 0 bridgehead atoms. The molecule has 0 saturated carbocycles. The molecule has 2 atom stereocenters. The van der Waals surface area contributed by atoms with Gasteiger partial charge in [0.15, 0.2) is 0 Å². The average molecular weight is 381 g/mol. The van der Waals surface area contributed by atoms with Crippen molar-refractivity contribution in [2.75, 3.05) is 37.4 Å². The van der Waals surface area contributed by atoms with E-state index < -0.39 is 0 Å². The molecule has 0 spiro atoms. The first-order valence-electron chi connectivity index (χ1n) is 9.55. The second-order valence-corrected chi connectivity index (χ2v) is 7.77. The zero-order valence-corrected chi connectivity index (χ0v) is 16.6. The Morgan fingerprint density at radius 3 is 2.93 bits per heavy atom. The molecule has 8 nitrogen and oxygen atoms in total. The van der Waals surface area contributed by atoms with Crippen LogP contribution in [-0.2, 0) is 13.6 Å². The molecule has 1 aromatic carbocycles. The van der Waals surface area contributed by atoms with Crippen molar-refractivity contribution in [1.29, 1.82) is 0 Å². The molecule has 28 heavy (non-hydrogen) atoms. The standard InChI is InChI=1S/C20H27N7O/c1-25(2)11-16-7-17(28)12-27(16)20-8-19(22-13-23-20)21-9-14-4-5-15-10-26(3)24-18(15)6-14/h4-6,8,10,13,16-17,28H,7,9,11-12H2,1-3H3,(H,21,22,23)/t16-,17-/m1/s1. The number of anilines is 2. The third kappa shape index (κ3) is 4.07. The van der Waals surface area contributed by atoms with Crippen LogP contribution >= 0.6 is 0 Å². The van der Waals surface area contributed by atoms with Crippen molar-refractivity contribution in [3.8, 4) is 0 Å². The summed E-state index contributed by atoms with van der Waals surface area (Å²) >= 11 is 0. The maximum absolute atomic E-state index is 10.1. The maximum atomic E-state index is 10.1. The number of aromatic nitrogens is 4. The van der Waals surface area contributed by atoms with Crippen molar-refractivity contribution in [3.05, 3.63) is 42.4 Å². The molecule has 1 aliphatic rings. The normalized spacial score (nSPS) is 19.7. The number of rotatable bonds is 6. The molecule has 1 aliphatic heterocycles. The third-order valence-electron chi connectivity index (χ3n) is 5.08. The number of likely N-dealkylation sites (N-methyl/N-ethyl adjacent to an activating group) is 1. The van der Waals surface area contributed by atoms with Crippen LogP contribution in [0.3, 0.4) is 0 Å². The molecule has 4 rings (SSSR count). The molecule has 0 aliphatic carbocycles. The molecule has 0 unspecified atom stereocenters. The van der Waals surface area contributed by atoms with E-state index in [9.17, 15) is 5.11 Å². The van der Waals surface area contributed by atoms with Crippen LogP contribution in [0.1, 0.15) is 12.0 Å². The summed E-state index contributed by atoms with van der Waals surface area (Å²) in [5.74, 6) is 1.62. The van der Waals surface area contributed by atoms with Gasteiger partial charge in [-0.15, -0.1) is 0 Å². The Morgan fingerprint density at radius 1 is 1.25 bits per heavy atom. The summed E-state index contributed by atoms with van der Waals surface area (Å²) in [7, 11) is 6.03. The van der Waals surface area contributed by atoms with Gasteiger partial charge in [0, 0.05) is 50.4 Å². The second kappa shape index (κ2) is 7.73. The van der Waals surface area contributed by atoms with Crippen LogP contribution in [0.2, 0.25) is 0 Å². The van der Waals surface area contributed by atoms with Gasteiger partial charge in [-0.25, -0.2) is 9.97 Å². The van der Waals surface area contributed by atoms with Crippen molar-refractivity contribution in [2.45, 2.75) is 25.1 Å². The predicted octanol–water partition coefficient (Wildman–Crippen LogP) is 1.48. The molecule has 1 saturated heterocycles. The van der Waals surface area contributed by atoms with Crippen molar-refractivity contribution in [1.82, 2.24) is 24.6 Å². The van der Waals surface area contributed by atoms with Gasteiger partial charge < -0.3 is 20.2 Å². The van der Waals surface area contributed by atoms with Crippen LogP contribution in [-0.4, -0.2) is 69.1 Å². The van der Waals surface area contributed by atoms with Gasteiger partial charge in [0.25, 0.3) is 0 Å². The van der Waals surface area contributed by atoms with E-state index in [-0.39, 0.29) is 12.1 Å². The Morgan fingerprint density at radius 2 is 2.11 bits per heavy atom. The minimum atomic E-state index is -0.318. The van der Waals surface area contributed by atoms with Gasteiger partial charge in [0.05, 0.1) is 11.6 Å². The summed E-state index contributed by atoms with van der Waals surface area (Å²) in [6.07, 6.45) is 4.03. The van der Waals surface area contributed by atoms with E-state index in [4.69, 9.17) is 0 Å². The van der Waals surface area contributed by atoms with Gasteiger partial charge in [0.1, 0.15) is 18.0 Å². The van der Waals surface area contributed by atoms with E-state index in [1.165, 1.54) is 0 Å². The van der Waals surface area contributed by atoms with Crippen molar-refractivity contribution in [3.63, 3.8) is 0 Å². The SMILES string of the molecule is CN(C)C[C@H]1C[C@@H](O)CN1c1cc(NCc2ccc3cn(C)nc3c2)ncn1. The fourth-order valence-electron chi connectivity index (χ4n) is 3.86. The molecule has 3 aromatic rings. The van der Waals surface area contributed by atoms with Gasteiger partial charge in [0.2, 0.25) is 0 Å². The third-order valence-corrected chi connectivity index (χ3v) is 5.08. The molecule has 3 heterocycles. The Balaban J connectivity index is 1.47. The summed E-state index contributed by atoms with van der Waals surface area (Å²) in [5.41, 5.74) is 2.14. The number of hydrogen-bond acceptors (Lipinski definition) is 7. The van der Waals surface area contributed by atoms with Crippen molar-refractivity contribution >= 4 is 22.5 Å². The number of β-amino-alcohol motifs (C(OH)–C–C–N with tert-alkyl or cyclic N) is 1. The highest BCUT2D eigenvalue weighted by atomic mass is 16.3. The molecular formula is C20H27N7O. The highest BCUT2D eigenvalue weighted by Gasteiger charge is 2.32. The fraction of sp³-hybridized carbons (Fsp3) is 0.450. The minimum absolute atomic E-state index is 0.249.